The summed E-state index contributed by atoms with van der Waals surface area (Å²) in [6, 6.07) is 37.3. The van der Waals surface area contributed by atoms with Crippen LogP contribution in [-0.2, 0) is 18.9 Å². The number of hydrogen-bond donors (Lipinski definition) is 4. The molecular weight excluding hydrogens is 1240 g/mol. The highest BCUT2D eigenvalue weighted by atomic mass is 35.5. The van der Waals surface area contributed by atoms with Gasteiger partial charge >= 0.3 is 23.9 Å². The Hall–Kier alpha value is -10.3. The predicted molar refractivity (Wildman–Crippen MR) is 363 cm³/mol. The zero-order valence-electron chi connectivity index (χ0n) is 50.8. The molecule has 26 nitrogen and oxygen atoms in total. The van der Waals surface area contributed by atoms with Gasteiger partial charge in [0, 0.05) is 22.7 Å². The number of ether oxygens (including phenoxy) is 4. The van der Waals surface area contributed by atoms with E-state index in [1.54, 1.807) is 97.1 Å². The SMILES string of the molecule is CCCCOC(=O)c1ccc(N)cc1.CCCCOC(=O)c1ccc(NC2=NC3=NC(Nc4ccc(C(=O)OCCCC)cc4)=NC4=NC(Nc5ccc(C(=O)OCCCC)cc5)=NC(=N2)N34)cc1.Cc1ccccc1.ClC1=NC2=NC(Cl)=NC3=NC(Cl)=NC(=N1)N23. The molecule has 5 aromatic rings. The van der Waals surface area contributed by atoms with E-state index in [0.29, 0.717) is 71.4 Å². The van der Waals surface area contributed by atoms with Crippen LogP contribution in [0, 0.1) is 6.92 Å². The summed E-state index contributed by atoms with van der Waals surface area (Å²) in [7, 11) is 0. The zero-order valence-corrected chi connectivity index (χ0v) is 53.1. The molecule has 5 aromatic carbocycles. The number of amidine groups is 3. The van der Waals surface area contributed by atoms with E-state index in [4.69, 9.17) is 59.5 Å². The van der Waals surface area contributed by atoms with Gasteiger partial charge in [0.15, 0.2) is 0 Å². The summed E-state index contributed by atoms with van der Waals surface area (Å²) in [4.78, 5) is 102. The third-order valence-electron chi connectivity index (χ3n) is 12.7. The first-order chi connectivity index (χ1) is 44.6. The lowest BCUT2D eigenvalue weighted by Gasteiger charge is -2.30. The van der Waals surface area contributed by atoms with Crippen LogP contribution in [0.4, 0.5) is 22.7 Å². The number of aliphatic imine (C=N–C) groups is 12. The lowest BCUT2D eigenvalue weighted by molar-refractivity contribution is 0.0490. The Morgan fingerprint density at radius 3 is 0.880 bits per heavy atom. The summed E-state index contributed by atoms with van der Waals surface area (Å²) >= 11 is 17.1. The van der Waals surface area contributed by atoms with Crippen LogP contribution in [0.25, 0.3) is 0 Å². The van der Waals surface area contributed by atoms with E-state index in [9.17, 15) is 19.2 Å². The standard InChI is InChI=1S/C39H42N10O6.C11H15NO2.C7H8.C6Cl3N7/c1-4-7-22-53-31(50)25-10-16-28(17-11-25)40-34-43-37-45-35(41-29-18-12-26(13-19-29)32(51)54-23-8-5-2)47-39-48-36(46-38(44-34)49(37)39)42-30-20-14-27(15-21-30)33(52)55-24-9-6-3;1-2-3-8-14-11(13)9-4-6-10(12)7-5-9;1-7-5-3-2-4-6-7;7-1-10-4-12-2(8)14-6-15-3(9)13-5(11-1)16(4)6/h10-21H,4-9,22-24H2,1-3H3,(H3,40,41,42,43,44,45,46,47,48);4-7H,2-3,8,12H2,1H3;2-6H,1H3;. The molecule has 0 amide bonds. The maximum Gasteiger partial charge on any atom is 0.338 e. The molecule has 0 fully saturated rings. The number of benzene rings is 5. The number of rotatable bonds is 19. The summed E-state index contributed by atoms with van der Waals surface area (Å²) in [5.74, 6) is 0.236. The minimum atomic E-state index is -0.395. The first kappa shape index (κ1) is 67.6. The third kappa shape index (κ3) is 19.8. The number of unbranched alkanes of at least 4 members (excludes halogenated alkanes) is 4. The van der Waals surface area contributed by atoms with Crippen LogP contribution in [0.1, 0.15) is 126 Å². The van der Waals surface area contributed by atoms with Gasteiger partial charge in [-0.05, 0) is 164 Å². The number of nitrogens with two attached hydrogens (primary N) is 1. The second kappa shape index (κ2) is 34.0. The van der Waals surface area contributed by atoms with Gasteiger partial charge in [0.2, 0.25) is 69.5 Å². The molecule has 11 rings (SSSR count). The largest absolute Gasteiger partial charge is 0.462 e. The highest BCUT2D eigenvalue weighted by Gasteiger charge is 2.36. The van der Waals surface area contributed by atoms with E-state index in [2.05, 4.69) is 102 Å². The fourth-order valence-electron chi connectivity index (χ4n) is 7.85. The predicted octanol–water partition coefficient (Wildman–Crippen LogP) is 12.1. The van der Waals surface area contributed by atoms with Gasteiger partial charge in [-0.3, -0.25) is 0 Å². The number of nitrogens with zero attached hydrogens (tertiary/aromatic N) is 14. The average Bonchev–Trinajstić information content (AvgIpc) is 0.774. The number of guanidine groups is 9. The number of nitrogens with one attached hydrogen (secondary N) is 3. The molecule has 92 heavy (non-hydrogen) atoms. The number of hydrogen-bond acceptors (Lipinski definition) is 26. The molecule has 0 atom stereocenters. The Morgan fingerprint density at radius 1 is 0.370 bits per heavy atom. The molecule has 476 valence electrons. The molecule has 29 heteroatoms. The highest BCUT2D eigenvalue weighted by Crippen LogP contribution is 2.23. The molecule has 5 N–H and O–H groups in total. The van der Waals surface area contributed by atoms with E-state index in [1.165, 1.54) is 15.4 Å². The van der Waals surface area contributed by atoms with Crippen molar-refractivity contribution in [1.82, 2.24) is 9.80 Å². The van der Waals surface area contributed by atoms with Crippen LogP contribution in [0.3, 0.4) is 0 Å². The van der Waals surface area contributed by atoms with Crippen LogP contribution in [-0.4, -0.2) is 130 Å². The number of esters is 4. The van der Waals surface area contributed by atoms with E-state index >= 15 is 0 Å². The molecule has 0 aromatic heterocycles. The van der Waals surface area contributed by atoms with Gasteiger partial charge in [0.05, 0.1) is 48.7 Å². The lowest BCUT2D eigenvalue weighted by atomic mass is 10.2. The molecule has 0 unspecified atom stereocenters. The lowest BCUT2D eigenvalue weighted by Crippen LogP contribution is -2.49. The smallest absolute Gasteiger partial charge is 0.338 e. The second-order valence-electron chi connectivity index (χ2n) is 19.9. The van der Waals surface area contributed by atoms with Crippen molar-refractivity contribution in [2.75, 3.05) is 48.1 Å². The highest BCUT2D eigenvalue weighted by molar-refractivity contribution is 6.71. The number of anilines is 4. The van der Waals surface area contributed by atoms with Gasteiger partial charge in [-0.25, -0.2) is 29.0 Å². The van der Waals surface area contributed by atoms with Crippen molar-refractivity contribution in [3.8, 4) is 0 Å². The number of nitrogen functional groups attached to an aromatic ring is 1. The van der Waals surface area contributed by atoms with Crippen molar-refractivity contribution in [3.05, 3.63) is 155 Å². The van der Waals surface area contributed by atoms with E-state index in [1.807, 2.05) is 39.0 Å². The van der Waals surface area contributed by atoms with Crippen LogP contribution in [0.5, 0.6) is 0 Å². The summed E-state index contributed by atoms with van der Waals surface area (Å²) < 4.78 is 21.0. The third-order valence-corrected chi connectivity index (χ3v) is 13.2. The van der Waals surface area contributed by atoms with Crippen molar-refractivity contribution >= 4 is 151 Å². The topological polar surface area (TPSA) is 322 Å². The van der Waals surface area contributed by atoms with Gasteiger partial charge in [0.1, 0.15) is 0 Å². The van der Waals surface area contributed by atoms with Gasteiger partial charge in [0.25, 0.3) is 0 Å². The van der Waals surface area contributed by atoms with Gasteiger partial charge in [-0.15, -0.1) is 0 Å². The molecule has 0 saturated heterocycles. The minimum absolute atomic E-state index is 0.00849. The monoisotopic (exact) mass is 1310 g/mol. The number of carbonyl (C=O) groups is 4. The van der Waals surface area contributed by atoms with Crippen LogP contribution < -0.4 is 21.7 Å². The Labute approximate surface area is 545 Å². The van der Waals surface area contributed by atoms with Crippen molar-refractivity contribution < 1.29 is 38.1 Å². The molecular formula is C63H65Cl3N18O8. The van der Waals surface area contributed by atoms with Crippen molar-refractivity contribution in [1.29, 1.82) is 0 Å². The number of halogens is 3. The van der Waals surface area contributed by atoms with E-state index < -0.39 is 17.9 Å². The van der Waals surface area contributed by atoms with Crippen LogP contribution in [0.2, 0.25) is 0 Å². The quantitative estimate of drug-likeness (QED) is 0.0196. The molecule has 0 radical (unpaired) electrons. The average molecular weight is 1310 g/mol. The normalized spacial score (nSPS) is 14.5. The first-order valence-electron chi connectivity index (χ1n) is 29.4. The Kier molecular flexibility index (Phi) is 25.0. The fourth-order valence-corrected chi connectivity index (χ4v) is 8.30. The van der Waals surface area contributed by atoms with E-state index in [0.717, 1.165) is 51.4 Å². The Balaban J connectivity index is 0.000000233. The van der Waals surface area contributed by atoms with Crippen molar-refractivity contribution in [3.63, 3.8) is 0 Å². The fraction of sp³-hybridized carbons (Fsp3) is 0.270. The Morgan fingerprint density at radius 2 is 0.630 bits per heavy atom. The summed E-state index contributed by atoms with van der Waals surface area (Å²) in [5, 5.41) is 9.45. The van der Waals surface area contributed by atoms with Crippen molar-refractivity contribution in [2.24, 2.45) is 59.9 Å². The maximum absolute atomic E-state index is 12.4. The van der Waals surface area contributed by atoms with Crippen LogP contribution in [0.15, 0.2) is 187 Å². The zero-order chi connectivity index (χ0) is 65.4. The Bertz CT molecular complexity index is 3550. The minimum Gasteiger partial charge on any atom is -0.462 e. The first-order valence-corrected chi connectivity index (χ1v) is 30.5. The van der Waals surface area contributed by atoms with Crippen LogP contribution >= 0.6 is 34.8 Å². The summed E-state index contributed by atoms with van der Waals surface area (Å²) in [6.45, 7) is 11.8. The van der Waals surface area contributed by atoms with Gasteiger partial charge in [-0.1, -0.05) is 89.3 Å². The molecule has 6 heterocycles. The maximum atomic E-state index is 12.4. The molecule has 0 spiro atoms. The van der Waals surface area contributed by atoms with Gasteiger partial charge < -0.3 is 40.6 Å². The summed E-state index contributed by atoms with van der Waals surface area (Å²) in [6.07, 6.45) is 7.10. The molecule has 6 aliphatic heterocycles. The molecule has 0 saturated carbocycles. The van der Waals surface area contributed by atoms with Gasteiger partial charge in [-0.2, -0.15) is 59.9 Å². The van der Waals surface area contributed by atoms with Crippen molar-refractivity contribution in [2.45, 2.75) is 86.0 Å². The molecule has 0 bridgehead atoms. The molecule has 0 aliphatic carbocycles. The molecule has 6 aliphatic rings. The summed E-state index contributed by atoms with van der Waals surface area (Å²) in [5.41, 5.74) is 11.1. The number of aryl methyl sites for hydroxylation is 1. The second-order valence-corrected chi connectivity index (χ2v) is 20.9. The number of carbonyl (C=O) groups excluding carboxylic acids is 4. The van der Waals surface area contributed by atoms with E-state index in [-0.39, 0.29) is 75.5 Å².